The Labute approximate surface area is 131 Å². The molecule has 2 heteroatoms. The van der Waals surface area contributed by atoms with Crippen molar-refractivity contribution in [2.45, 2.75) is 31.6 Å². The predicted octanol–water partition coefficient (Wildman–Crippen LogP) is 4.41. The minimum atomic E-state index is -0.351. The average molecular weight is 292 g/mol. The lowest BCUT2D eigenvalue weighted by atomic mass is 9.73. The number of benzene rings is 2. The number of ketones is 2. The Kier molecular flexibility index (Phi) is 4.47. The first-order valence-corrected chi connectivity index (χ1v) is 7.94. The first-order chi connectivity index (χ1) is 10.8. The summed E-state index contributed by atoms with van der Waals surface area (Å²) in [4.78, 5) is 25.4. The lowest BCUT2D eigenvalue weighted by molar-refractivity contribution is -0.125. The van der Waals surface area contributed by atoms with Gasteiger partial charge in [0.2, 0.25) is 0 Å². The molecule has 0 radical (unpaired) electrons. The van der Waals surface area contributed by atoms with Crippen LogP contribution in [0, 0.1) is 5.92 Å². The van der Waals surface area contributed by atoms with Crippen molar-refractivity contribution in [1.82, 2.24) is 0 Å². The van der Waals surface area contributed by atoms with Gasteiger partial charge in [-0.15, -0.1) is 0 Å². The van der Waals surface area contributed by atoms with Crippen molar-refractivity contribution in [3.05, 3.63) is 71.8 Å². The summed E-state index contributed by atoms with van der Waals surface area (Å²) in [6.07, 6.45) is 3.41. The molecule has 0 bridgehead atoms. The maximum Gasteiger partial charge on any atom is 0.171 e. The van der Waals surface area contributed by atoms with Crippen LogP contribution in [0.15, 0.2) is 60.7 Å². The second-order valence-electron chi connectivity index (χ2n) is 5.94. The van der Waals surface area contributed by atoms with E-state index in [1.54, 1.807) is 0 Å². The van der Waals surface area contributed by atoms with E-state index >= 15 is 0 Å². The Morgan fingerprint density at radius 1 is 0.909 bits per heavy atom. The largest absolute Gasteiger partial charge is 0.299 e. The monoisotopic (exact) mass is 292 g/mol. The minimum absolute atomic E-state index is 0.0621. The average Bonchev–Trinajstić information content (AvgIpc) is 2.58. The van der Waals surface area contributed by atoms with Crippen molar-refractivity contribution < 1.29 is 9.59 Å². The third-order valence-corrected chi connectivity index (χ3v) is 4.50. The van der Waals surface area contributed by atoms with Gasteiger partial charge in [0.05, 0.1) is 5.92 Å². The molecule has 22 heavy (non-hydrogen) atoms. The summed E-state index contributed by atoms with van der Waals surface area (Å²) in [6.45, 7) is 0. The molecule has 2 atom stereocenters. The van der Waals surface area contributed by atoms with Crippen LogP contribution >= 0.6 is 0 Å². The second-order valence-corrected chi connectivity index (χ2v) is 5.94. The van der Waals surface area contributed by atoms with E-state index in [9.17, 15) is 9.59 Å². The minimum Gasteiger partial charge on any atom is -0.299 e. The van der Waals surface area contributed by atoms with Gasteiger partial charge in [-0.25, -0.2) is 0 Å². The third-order valence-electron chi connectivity index (χ3n) is 4.50. The highest BCUT2D eigenvalue weighted by Crippen LogP contribution is 2.36. The topological polar surface area (TPSA) is 34.1 Å². The lowest BCUT2D eigenvalue weighted by Gasteiger charge is -2.28. The van der Waals surface area contributed by atoms with Crippen molar-refractivity contribution in [3.63, 3.8) is 0 Å². The second kappa shape index (κ2) is 6.69. The van der Waals surface area contributed by atoms with Gasteiger partial charge in [-0.05, 0) is 18.4 Å². The summed E-state index contributed by atoms with van der Waals surface area (Å²) >= 11 is 0. The van der Waals surface area contributed by atoms with Crippen molar-refractivity contribution >= 4 is 11.6 Å². The molecule has 2 aromatic rings. The van der Waals surface area contributed by atoms with E-state index in [2.05, 4.69) is 0 Å². The zero-order chi connectivity index (χ0) is 15.4. The molecule has 1 fully saturated rings. The summed E-state index contributed by atoms with van der Waals surface area (Å²) in [6, 6.07) is 19.1. The molecule has 112 valence electrons. The molecule has 0 N–H and O–H groups in total. The molecule has 2 aromatic carbocycles. The molecule has 0 spiro atoms. The van der Waals surface area contributed by atoms with Gasteiger partial charge < -0.3 is 0 Å². The summed E-state index contributed by atoms with van der Waals surface area (Å²) < 4.78 is 0. The highest BCUT2D eigenvalue weighted by atomic mass is 16.1. The number of rotatable bonds is 4. The van der Waals surface area contributed by atoms with E-state index in [1.165, 1.54) is 0 Å². The third kappa shape index (κ3) is 3.01. The fourth-order valence-electron chi connectivity index (χ4n) is 3.37. The van der Waals surface area contributed by atoms with Crippen LogP contribution in [0.25, 0.3) is 0 Å². The van der Waals surface area contributed by atoms with E-state index in [1.807, 2.05) is 60.7 Å². The number of carbonyl (C=O) groups is 2. The molecule has 1 saturated carbocycles. The normalized spacial score (nSPS) is 19.6. The standard InChI is InChI=1S/C20H20O2/c21-18-14-8-7-13-17(18)19(15-9-3-1-4-10-15)20(22)16-11-5-2-6-12-16/h1-6,9-12,17,19H,7-8,13-14H2/t17-,19-/m1/s1. The molecular weight excluding hydrogens is 272 g/mol. The Morgan fingerprint density at radius 3 is 2.18 bits per heavy atom. The number of hydrogen-bond donors (Lipinski definition) is 0. The van der Waals surface area contributed by atoms with Gasteiger partial charge in [0, 0.05) is 17.9 Å². The van der Waals surface area contributed by atoms with Gasteiger partial charge in [-0.1, -0.05) is 67.1 Å². The van der Waals surface area contributed by atoms with Gasteiger partial charge in [0.1, 0.15) is 5.78 Å². The number of hydrogen-bond acceptors (Lipinski definition) is 2. The van der Waals surface area contributed by atoms with Crippen LogP contribution in [0.2, 0.25) is 0 Å². The van der Waals surface area contributed by atoms with Crippen LogP contribution in [-0.2, 0) is 4.79 Å². The van der Waals surface area contributed by atoms with Crippen molar-refractivity contribution in [2.75, 3.05) is 0 Å². The summed E-state index contributed by atoms with van der Waals surface area (Å²) in [5, 5.41) is 0. The fourth-order valence-corrected chi connectivity index (χ4v) is 3.37. The molecule has 3 rings (SSSR count). The summed E-state index contributed by atoms with van der Waals surface area (Å²) in [5.41, 5.74) is 1.64. The van der Waals surface area contributed by atoms with Crippen molar-refractivity contribution in [2.24, 2.45) is 5.92 Å². The predicted molar refractivity (Wildman–Crippen MR) is 86.9 cm³/mol. The van der Waals surface area contributed by atoms with Gasteiger partial charge in [0.15, 0.2) is 5.78 Å². The number of carbonyl (C=O) groups excluding carboxylic acids is 2. The fraction of sp³-hybridized carbons (Fsp3) is 0.300. The van der Waals surface area contributed by atoms with Gasteiger partial charge >= 0.3 is 0 Å². The Hall–Kier alpha value is -2.22. The highest BCUT2D eigenvalue weighted by Gasteiger charge is 2.36. The van der Waals surface area contributed by atoms with Crippen LogP contribution < -0.4 is 0 Å². The summed E-state index contributed by atoms with van der Waals surface area (Å²) in [7, 11) is 0. The van der Waals surface area contributed by atoms with E-state index in [-0.39, 0.29) is 23.4 Å². The van der Waals surface area contributed by atoms with Gasteiger partial charge in [-0.2, -0.15) is 0 Å². The van der Waals surface area contributed by atoms with Crippen molar-refractivity contribution in [1.29, 1.82) is 0 Å². The van der Waals surface area contributed by atoms with Crippen LogP contribution in [-0.4, -0.2) is 11.6 Å². The SMILES string of the molecule is O=C1CCCC[C@H]1[C@H](C(=O)c1ccccc1)c1ccccc1. The molecule has 0 saturated heterocycles. The molecule has 0 aromatic heterocycles. The molecule has 2 nitrogen and oxygen atoms in total. The Bertz CT molecular complexity index is 646. The smallest absolute Gasteiger partial charge is 0.171 e. The van der Waals surface area contributed by atoms with E-state index in [0.29, 0.717) is 12.0 Å². The van der Waals surface area contributed by atoms with Crippen LogP contribution in [0.5, 0.6) is 0 Å². The van der Waals surface area contributed by atoms with Crippen LogP contribution in [0.3, 0.4) is 0 Å². The molecular formula is C20H20O2. The van der Waals surface area contributed by atoms with E-state index in [4.69, 9.17) is 0 Å². The zero-order valence-corrected chi connectivity index (χ0v) is 12.6. The number of Topliss-reactive ketones (excluding diaryl/α,β-unsaturated/α-hetero) is 2. The zero-order valence-electron chi connectivity index (χ0n) is 12.6. The van der Waals surface area contributed by atoms with Crippen LogP contribution in [0.4, 0.5) is 0 Å². The van der Waals surface area contributed by atoms with Crippen LogP contribution in [0.1, 0.15) is 47.5 Å². The lowest BCUT2D eigenvalue weighted by Crippen LogP contribution is -2.30. The van der Waals surface area contributed by atoms with Gasteiger partial charge in [0.25, 0.3) is 0 Å². The highest BCUT2D eigenvalue weighted by molar-refractivity contribution is 6.04. The molecule has 0 heterocycles. The Morgan fingerprint density at radius 2 is 1.55 bits per heavy atom. The maximum atomic E-state index is 13.0. The maximum absolute atomic E-state index is 13.0. The molecule has 1 aliphatic carbocycles. The first kappa shape index (κ1) is 14.7. The van der Waals surface area contributed by atoms with E-state index in [0.717, 1.165) is 24.8 Å². The van der Waals surface area contributed by atoms with Gasteiger partial charge in [-0.3, -0.25) is 9.59 Å². The molecule has 1 aliphatic rings. The molecule has 0 aliphatic heterocycles. The molecule has 0 unspecified atom stereocenters. The van der Waals surface area contributed by atoms with E-state index < -0.39 is 0 Å². The first-order valence-electron chi connectivity index (χ1n) is 7.94. The Balaban J connectivity index is 1.99. The molecule has 0 amide bonds. The summed E-state index contributed by atoms with van der Waals surface area (Å²) in [5.74, 6) is -0.225. The van der Waals surface area contributed by atoms with Crippen molar-refractivity contribution in [3.8, 4) is 0 Å². The quantitative estimate of drug-likeness (QED) is 0.782.